The van der Waals surface area contributed by atoms with Gasteiger partial charge < -0.3 is 10.1 Å². The van der Waals surface area contributed by atoms with E-state index in [1.165, 1.54) is 6.92 Å². The topological polar surface area (TPSA) is 84.5 Å². The molecule has 0 atom stereocenters. The number of hydrogen-bond donors (Lipinski definition) is 2. The van der Waals surface area contributed by atoms with Gasteiger partial charge in [-0.05, 0) is 54.7 Å². The molecular formula is C21H26N2O4S. The second-order valence-corrected chi connectivity index (χ2v) is 8.82. The maximum Gasteiger partial charge on any atom is 0.241 e. The molecule has 0 spiro atoms. The van der Waals surface area contributed by atoms with E-state index in [4.69, 9.17) is 4.74 Å². The highest BCUT2D eigenvalue weighted by molar-refractivity contribution is 7.89. The second kappa shape index (κ2) is 8.43. The molecular weight excluding hydrogens is 376 g/mol. The van der Waals surface area contributed by atoms with Crippen LogP contribution in [0.15, 0.2) is 53.4 Å². The van der Waals surface area contributed by atoms with E-state index in [1.807, 2.05) is 31.2 Å². The van der Waals surface area contributed by atoms with Crippen LogP contribution in [0.1, 0.15) is 33.1 Å². The standard InChI is InChI=1S/C21H26N2O4S/c1-3-21(12-14-27-15-13-21)23-28(25,26)20-10-6-18(7-11-20)17-4-8-19(9-5-17)22-16(2)24/h4-11,23H,3,12-15H2,1-2H3,(H,22,24). The zero-order valence-corrected chi connectivity index (χ0v) is 17.0. The summed E-state index contributed by atoms with van der Waals surface area (Å²) in [4.78, 5) is 11.4. The van der Waals surface area contributed by atoms with Gasteiger partial charge in [-0.1, -0.05) is 31.2 Å². The molecule has 1 aliphatic rings. The highest BCUT2D eigenvalue weighted by atomic mass is 32.2. The zero-order chi connectivity index (χ0) is 20.2. The van der Waals surface area contributed by atoms with Crippen LogP contribution in [0.25, 0.3) is 11.1 Å². The Morgan fingerprint density at radius 3 is 2.04 bits per heavy atom. The fourth-order valence-corrected chi connectivity index (χ4v) is 4.94. The third-order valence-corrected chi connectivity index (χ3v) is 6.78. The molecule has 3 rings (SSSR count). The summed E-state index contributed by atoms with van der Waals surface area (Å²) in [7, 11) is -3.60. The first kappa shape index (κ1) is 20.5. The lowest BCUT2D eigenvalue weighted by molar-refractivity contribution is -0.114. The Morgan fingerprint density at radius 2 is 1.54 bits per heavy atom. The maximum atomic E-state index is 12.9. The van der Waals surface area contributed by atoms with Gasteiger partial charge in [-0.3, -0.25) is 4.79 Å². The van der Waals surface area contributed by atoms with Gasteiger partial charge in [0.15, 0.2) is 0 Å². The van der Waals surface area contributed by atoms with Crippen LogP contribution in [0.4, 0.5) is 5.69 Å². The minimum atomic E-state index is -3.60. The Hall–Kier alpha value is -2.22. The molecule has 1 heterocycles. The molecule has 1 aliphatic heterocycles. The Balaban J connectivity index is 1.76. The van der Waals surface area contributed by atoms with Crippen molar-refractivity contribution in [2.75, 3.05) is 18.5 Å². The van der Waals surface area contributed by atoms with Gasteiger partial charge in [-0.25, -0.2) is 13.1 Å². The molecule has 0 unspecified atom stereocenters. The lowest BCUT2D eigenvalue weighted by Gasteiger charge is -2.36. The molecule has 0 aromatic heterocycles. The van der Waals surface area contributed by atoms with Crippen molar-refractivity contribution in [2.45, 2.75) is 43.5 Å². The van der Waals surface area contributed by atoms with E-state index in [0.717, 1.165) is 23.2 Å². The summed E-state index contributed by atoms with van der Waals surface area (Å²) in [6.07, 6.45) is 2.09. The molecule has 2 aromatic carbocycles. The number of carbonyl (C=O) groups is 1. The summed E-state index contributed by atoms with van der Waals surface area (Å²) >= 11 is 0. The number of anilines is 1. The van der Waals surface area contributed by atoms with Crippen molar-refractivity contribution in [3.05, 3.63) is 48.5 Å². The smallest absolute Gasteiger partial charge is 0.241 e. The zero-order valence-electron chi connectivity index (χ0n) is 16.2. The first-order valence-corrected chi connectivity index (χ1v) is 10.9. The van der Waals surface area contributed by atoms with Crippen LogP contribution in [0.5, 0.6) is 0 Å². The number of amides is 1. The van der Waals surface area contributed by atoms with Crippen LogP contribution in [0.2, 0.25) is 0 Å². The highest BCUT2D eigenvalue weighted by Crippen LogP contribution is 2.28. The van der Waals surface area contributed by atoms with Crippen molar-refractivity contribution >= 4 is 21.6 Å². The van der Waals surface area contributed by atoms with Crippen molar-refractivity contribution < 1.29 is 17.9 Å². The average molecular weight is 403 g/mol. The number of ether oxygens (including phenoxy) is 1. The molecule has 0 bridgehead atoms. The van der Waals surface area contributed by atoms with Crippen LogP contribution in [0.3, 0.4) is 0 Å². The summed E-state index contributed by atoms with van der Waals surface area (Å²) in [5.41, 5.74) is 2.14. The van der Waals surface area contributed by atoms with E-state index in [-0.39, 0.29) is 10.8 Å². The van der Waals surface area contributed by atoms with Gasteiger partial charge in [-0.2, -0.15) is 0 Å². The summed E-state index contributed by atoms with van der Waals surface area (Å²) < 4.78 is 34.0. The number of hydrogen-bond acceptors (Lipinski definition) is 4. The van der Waals surface area contributed by atoms with Crippen molar-refractivity contribution in [1.82, 2.24) is 4.72 Å². The molecule has 7 heteroatoms. The third kappa shape index (κ3) is 4.79. The molecule has 0 aliphatic carbocycles. The summed E-state index contributed by atoms with van der Waals surface area (Å²) in [6.45, 7) is 4.61. The molecule has 0 radical (unpaired) electrons. The second-order valence-electron chi connectivity index (χ2n) is 7.13. The number of benzene rings is 2. The van der Waals surface area contributed by atoms with Gasteiger partial charge in [-0.15, -0.1) is 0 Å². The Labute approximate surface area is 166 Å². The average Bonchev–Trinajstić information content (AvgIpc) is 2.69. The van der Waals surface area contributed by atoms with Crippen LogP contribution >= 0.6 is 0 Å². The molecule has 1 fully saturated rings. The maximum absolute atomic E-state index is 12.9. The van der Waals surface area contributed by atoms with Crippen LogP contribution in [-0.4, -0.2) is 33.1 Å². The van der Waals surface area contributed by atoms with Crippen molar-refractivity contribution in [2.24, 2.45) is 0 Å². The largest absolute Gasteiger partial charge is 0.381 e. The van der Waals surface area contributed by atoms with Crippen LogP contribution in [0, 0.1) is 0 Å². The Bertz CT molecular complexity index is 916. The van der Waals surface area contributed by atoms with E-state index in [2.05, 4.69) is 10.0 Å². The SMILES string of the molecule is CCC1(NS(=O)(=O)c2ccc(-c3ccc(NC(C)=O)cc3)cc2)CCOCC1. The first-order chi connectivity index (χ1) is 13.3. The number of rotatable bonds is 6. The van der Waals surface area contributed by atoms with Crippen LogP contribution in [-0.2, 0) is 19.6 Å². The predicted octanol–water partition coefficient (Wildman–Crippen LogP) is 3.55. The fourth-order valence-electron chi connectivity index (χ4n) is 3.41. The molecule has 150 valence electrons. The first-order valence-electron chi connectivity index (χ1n) is 9.43. The minimum absolute atomic E-state index is 0.121. The Kier molecular flexibility index (Phi) is 6.17. The quantitative estimate of drug-likeness (QED) is 0.774. The van der Waals surface area contributed by atoms with E-state index in [1.54, 1.807) is 24.3 Å². The number of sulfonamides is 1. The van der Waals surface area contributed by atoms with Gasteiger partial charge in [0, 0.05) is 31.4 Å². The van der Waals surface area contributed by atoms with Crippen molar-refractivity contribution in [3.63, 3.8) is 0 Å². The van der Waals surface area contributed by atoms with E-state index in [0.29, 0.717) is 26.1 Å². The fraction of sp³-hybridized carbons (Fsp3) is 0.381. The van der Waals surface area contributed by atoms with E-state index < -0.39 is 15.6 Å². The highest BCUT2D eigenvalue weighted by Gasteiger charge is 2.35. The van der Waals surface area contributed by atoms with Gasteiger partial charge >= 0.3 is 0 Å². The van der Waals surface area contributed by atoms with Gasteiger partial charge in [0.1, 0.15) is 0 Å². The van der Waals surface area contributed by atoms with Crippen molar-refractivity contribution in [3.8, 4) is 11.1 Å². The molecule has 2 N–H and O–H groups in total. The predicted molar refractivity (Wildman–Crippen MR) is 110 cm³/mol. The molecule has 2 aromatic rings. The molecule has 1 saturated heterocycles. The lowest BCUT2D eigenvalue weighted by Crippen LogP contribution is -2.51. The lowest BCUT2D eigenvalue weighted by atomic mass is 9.89. The Morgan fingerprint density at radius 1 is 1.00 bits per heavy atom. The molecule has 0 saturated carbocycles. The number of nitrogens with one attached hydrogen (secondary N) is 2. The van der Waals surface area contributed by atoms with Crippen molar-refractivity contribution in [1.29, 1.82) is 0 Å². The van der Waals surface area contributed by atoms with Crippen LogP contribution < -0.4 is 10.0 Å². The van der Waals surface area contributed by atoms with Gasteiger partial charge in [0.05, 0.1) is 4.90 Å². The van der Waals surface area contributed by atoms with Gasteiger partial charge in [0.25, 0.3) is 0 Å². The summed E-state index contributed by atoms with van der Waals surface area (Å²) in [5, 5.41) is 2.72. The molecule has 1 amide bonds. The minimum Gasteiger partial charge on any atom is -0.381 e. The van der Waals surface area contributed by atoms with E-state index >= 15 is 0 Å². The normalized spacial score (nSPS) is 16.5. The monoisotopic (exact) mass is 402 g/mol. The third-order valence-electron chi connectivity index (χ3n) is 5.18. The molecule has 6 nitrogen and oxygen atoms in total. The molecule has 28 heavy (non-hydrogen) atoms. The van der Waals surface area contributed by atoms with E-state index in [9.17, 15) is 13.2 Å². The number of carbonyl (C=O) groups excluding carboxylic acids is 1. The summed E-state index contributed by atoms with van der Waals surface area (Å²) in [5.74, 6) is -0.121. The summed E-state index contributed by atoms with van der Waals surface area (Å²) in [6, 6.07) is 14.3. The van der Waals surface area contributed by atoms with Gasteiger partial charge in [0.2, 0.25) is 15.9 Å².